The Hall–Kier alpha value is -2.62. The molecule has 0 spiro atoms. The van der Waals surface area contributed by atoms with Crippen LogP contribution in [-0.4, -0.2) is 17.0 Å². The van der Waals surface area contributed by atoms with Crippen molar-refractivity contribution < 1.29 is 14.7 Å². The van der Waals surface area contributed by atoms with Crippen molar-refractivity contribution >= 4 is 17.6 Å². The first-order valence-corrected chi connectivity index (χ1v) is 10.6. The molecule has 0 bridgehead atoms. The molecule has 0 aliphatic heterocycles. The second kappa shape index (κ2) is 7.26. The number of aliphatic carboxylic acids is 1. The van der Waals surface area contributed by atoms with Crippen molar-refractivity contribution in [1.82, 2.24) is 0 Å². The molecule has 0 aromatic heterocycles. The minimum absolute atomic E-state index is 0.0393. The molecule has 4 heteroatoms. The first-order chi connectivity index (χ1) is 13.8. The second-order valence-corrected chi connectivity index (χ2v) is 10.4. The average Bonchev–Trinajstić information content (AvgIpc) is 2.65. The van der Waals surface area contributed by atoms with Gasteiger partial charge < -0.3 is 10.4 Å². The molecule has 2 aromatic rings. The van der Waals surface area contributed by atoms with Gasteiger partial charge in [-0.25, -0.2) is 0 Å². The molecule has 0 radical (unpaired) electrons. The standard InChI is InChI=1S/C26H33NO3/c1-16-14-20-21(25(4,5)13-12-24(20,2)3)15-19(16)22(28)27-18-10-8-17(9-11-18)26(6,7)23(29)30/h8-11,14-15H,12-13H2,1-7H3,(H,27,28)(H,29,30). The summed E-state index contributed by atoms with van der Waals surface area (Å²) in [5.74, 6) is -1.02. The summed E-state index contributed by atoms with van der Waals surface area (Å²) in [6.45, 7) is 14.4. The van der Waals surface area contributed by atoms with Gasteiger partial charge in [0.2, 0.25) is 0 Å². The van der Waals surface area contributed by atoms with E-state index in [1.54, 1.807) is 38.1 Å². The van der Waals surface area contributed by atoms with Crippen LogP contribution in [-0.2, 0) is 21.0 Å². The number of carbonyl (C=O) groups excluding carboxylic acids is 1. The van der Waals surface area contributed by atoms with E-state index in [-0.39, 0.29) is 16.7 Å². The molecule has 4 nitrogen and oxygen atoms in total. The smallest absolute Gasteiger partial charge is 0.313 e. The number of amides is 1. The Morgan fingerprint density at radius 1 is 0.933 bits per heavy atom. The zero-order valence-corrected chi connectivity index (χ0v) is 19.1. The van der Waals surface area contributed by atoms with Crippen molar-refractivity contribution in [2.45, 2.75) is 77.6 Å². The van der Waals surface area contributed by atoms with E-state index >= 15 is 0 Å². The highest BCUT2D eigenvalue weighted by atomic mass is 16.4. The first-order valence-electron chi connectivity index (χ1n) is 10.6. The fraction of sp³-hybridized carbons (Fsp3) is 0.462. The van der Waals surface area contributed by atoms with Crippen LogP contribution in [0.3, 0.4) is 0 Å². The molecule has 0 fully saturated rings. The van der Waals surface area contributed by atoms with Crippen LogP contribution < -0.4 is 5.32 Å². The zero-order valence-electron chi connectivity index (χ0n) is 19.1. The van der Waals surface area contributed by atoms with Crippen LogP contribution in [0.4, 0.5) is 5.69 Å². The molecule has 160 valence electrons. The quantitative estimate of drug-likeness (QED) is 0.657. The minimum Gasteiger partial charge on any atom is -0.481 e. The molecule has 0 unspecified atom stereocenters. The van der Waals surface area contributed by atoms with E-state index in [2.05, 4.69) is 45.1 Å². The molecular formula is C26H33NO3. The number of anilines is 1. The van der Waals surface area contributed by atoms with Crippen LogP contribution in [0.1, 0.15) is 87.0 Å². The lowest BCUT2D eigenvalue weighted by Gasteiger charge is -2.42. The van der Waals surface area contributed by atoms with Crippen LogP contribution in [0.2, 0.25) is 0 Å². The number of carboxylic acids is 1. The molecule has 3 rings (SSSR count). The molecule has 1 aliphatic rings. The Morgan fingerprint density at radius 2 is 1.43 bits per heavy atom. The number of aryl methyl sites for hydroxylation is 1. The summed E-state index contributed by atoms with van der Waals surface area (Å²) in [4.78, 5) is 24.5. The third-order valence-electron chi connectivity index (χ3n) is 6.84. The number of fused-ring (bicyclic) bond motifs is 1. The number of benzene rings is 2. The average molecular weight is 408 g/mol. The van der Waals surface area contributed by atoms with Crippen LogP contribution in [0, 0.1) is 6.92 Å². The van der Waals surface area contributed by atoms with Gasteiger partial charge in [0.1, 0.15) is 0 Å². The maximum atomic E-state index is 13.1. The molecule has 30 heavy (non-hydrogen) atoms. The van der Waals surface area contributed by atoms with Gasteiger partial charge in [-0.3, -0.25) is 9.59 Å². The van der Waals surface area contributed by atoms with Crippen LogP contribution in [0.15, 0.2) is 36.4 Å². The molecule has 0 saturated heterocycles. The van der Waals surface area contributed by atoms with E-state index in [1.807, 2.05) is 6.92 Å². The Bertz CT molecular complexity index is 998. The third-order valence-corrected chi connectivity index (χ3v) is 6.84. The summed E-state index contributed by atoms with van der Waals surface area (Å²) in [6, 6.07) is 11.3. The van der Waals surface area contributed by atoms with Crippen molar-refractivity contribution in [2.75, 3.05) is 5.32 Å². The lowest BCUT2D eigenvalue weighted by atomic mass is 9.62. The van der Waals surface area contributed by atoms with E-state index in [0.29, 0.717) is 16.8 Å². The predicted octanol–water partition coefficient (Wildman–Crippen LogP) is 5.96. The second-order valence-electron chi connectivity index (χ2n) is 10.4. The van der Waals surface area contributed by atoms with E-state index in [1.165, 1.54) is 11.1 Å². The van der Waals surface area contributed by atoms with Gasteiger partial charge in [-0.2, -0.15) is 0 Å². The van der Waals surface area contributed by atoms with Gasteiger partial charge in [0, 0.05) is 11.3 Å². The maximum Gasteiger partial charge on any atom is 0.313 e. The maximum absolute atomic E-state index is 13.1. The first kappa shape index (κ1) is 22.1. The molecule has 2 aromatic carbocycles. The number of carbonyl (C=O) groups is 2. The van der Waals surface area contributed by atoms with Crippen LogP contribution in [0.5, 0.6) is 0 Å². The summed E-state index contributed by atoms with van der Waals surface area (Å²) in [7, 11) is 0. The summed E-state index contributed by atoms with van der Waals surface area (Å²) in [6.07, 6.45) is 2.23. The largest absolute Gasteiger partial charge is 0.481 e. The molecule has 2 N–H and O–H groups in total. The van der Waals surface area contributed by atoms with Gasteiger partial charge in [-0.1, -0.05) is 45.9 Å². The van der Waals surface area contributed by atoms with Gasteiger partial charge in [0.15, 0.2) is 0 Å². The van der Waals surface area contributed by atoms with Crippen molar-refractivity contribution in [3.8, 4) is 0 Å². The lowest BCUT2D eigenvalue weighted by Crippen LogP contribution is -2.34. The van der Waals surface area contributed by atoms with Crippen molar-refractivity contribution in [3.05, 3.63) is 64.2 Å². The number of hydrogen-bond acceptors (Lipinski definition) is 2. The van der Waals surface area contributed by atoms with Gasteiger partial charge in [0.05, 0.1) is 5.41 Å². The Labute approximate surface area is 179 Å². The molecule has 1 amide bonds. The number of nitrogens with one attached hydrogen (secondary N) is 1. The third kappa shape index (κ3) is 3.88. The number of rotatable bonds is 4. The Morgan fingerprint density at radius 3 is 1.93 bits per heavy atom. The van der Waals surface area contributed by atoms with Crippen molar-refractivity contribution in [2.24, 2.45) is 0 Å². The Balaban J connectivity index is 1.91. The lowest BCUT2D eigenvalue weighted by molar-refractivity contribution is -0.142. The fourth-order valence-electron chi connectivity index (χ4n) is 4.26. The van der Waals surface area contributed by atoms with Crippen molar-refractivity contribution in [1.29, 1.82) is 0 Å². The highest BCUT2D eigenvalue weighted by Gasteiger charge is 2.38. The predicted molar refractivity (Wildman–Crippen MR) is 122 cm³/mol. The van der Waals surface area contributed by atoms with Gasteiger partial charge in [-0.15, -0.1) is 0 Å². The molecular weight excluding hydrogens is 374 g/mol. The normalized spacial score (nSPS) is 17.2. The minimum atomic E-state index is -0.976. The molecule has 0 atom stereocenters. The highest BCUT2D eigenvalue weighted by Crippen LogP contribution is 2.46. The van der Waals surface area contributed by atoms with E-state index in [0.717, 1.165) is 18.4 Å². The molecule has 1 aliphatic carbocycles. The monoisotopic (exact) mass is 407 g/mol. The Kier molecular flexibility index (Phi) is 5.34. The number of hydrogen-bond donors (Lipinski definition) is 2. The van der Waals surface area contributed by atoms with E-state index < -0.39 is 11.4 Å². The van der Waals surface area contributed by atoms with Crippen LogP contribution >= 0.6 is 0 Å². The van der Waals surface area contributed by atoms with Crippen LogP contribution in [0.25, 0.3) is 0 Å². The fourth-order valence-corrected chi connectivity index (χ4v) is 4.26. The summed E-state index contributed by atoms with van der Waals surface area (Å²) in [5, 5.41) is 12.4. The molecule has 0 heterocycles. The zero-order chi connectivity index (χ0) is 22.5. The molecule has 0 saturated carbocycles. The number of carboxylic acid groups (broad SMARTS) is 1. The van der Waals surface area contributed by atoms with Gasteiger partial charge in [-0.05, 0) is 84.9 Å². The van der Waals surface area contributed by atoms with Gasteiger partial charge in [0.25, 0.3) is 5.91 Å². The topological polar surface area (TPSA) is 66.4 Å². The summed E-state index contributed by atoms with van der Waals surface area (Å²) < 4.78 is 0. The highest BCUT2D eigenvalue weighted by molar-refractivity contribution is 6.05. The van der Waals surface area contributed by atoms with Crippen molar-refractivity contribution in [3.63, 3.8) is 0 Å². The van der Waals surface area contributed by atoms with E-state index in [4.69, 9.17) is 0 Å². The van der Waals surface area contributed by atoms with E-state index in [9.17, 15) is 14.7 Å². The van der Waals surface area contributed by atoms with Gasteiger partial charge >= 0.3 is 5.97 Å². The summed E-state index contributed by atoms with van der Waals surface area (Å²) >= 11 is 0. The SMILES string of the molecule is Cc1cc2c(cc1C(=O)Nc1ccc(C(C)(C)C(=O)O)cc1)C(C)(C)CCC2(C)C. The summed E-state index contributed by atoms with van der Waals surface area (Å²) in [5.41, 5.74) is 4.78.